The van der Waals surface area contributed by atoms with Gasteiger partial charge >= 0.3 is 17.8 Å². The van der Waals surface area contributed by atoms with E-state index in [4.69, 9.17) is 9.47 Å². The van der Waals surface area contributed by atoms with E-state index in [1.54, 1.807) is 25.1 Å². The minimum atomic E-state index is -4.49. The van der Waals surface area contributed by atoms with Crippen molar-refractivity contribution in [3.8, 4) is 11.5 Å². The number of benzene rings is 2. The number of carboxylic acid groups (broad SMARTS) is 1. The molecule has 0 aliphatic heterocycles. The molecule has 1 aliphatic carbocycles. The highest BCUT2D eigenvalue weighted by Crippen LogP contribution is 2.35. The minimum absolute atomic E-state index is 0.247. The molecule has 192 valence electrons. The number of aromatic nitrogens is 3. The number of H-pyrrole nitrogens is 1. The molecular formula is C25H26F3N3O5. The third-order valence-corrected chi connectivity index (χ3v) is 5.98. The number of carbonyl (C=O) groups is 1. The first-order valence-corrected chi connectivity index (χ1v) is 11.4. The van der Waals surface area contributed by atoms with Crippen LogP contribution >= 0.6 is 0 Å². The maximum absolute atomic E-state index is 13.1. The van der Waals surface area contributed by atoms with Gasteiger partial charge in [0.2, 0.25) is 0 Å². The molecule has 1 heterocycles. The van der Waals surface area contributed by atoms with Crippen LogP contribution in [0.25, 0.3) is 0 Å². The van der Waals surface area contributed by atoms with Crippen LogP contribution in [0.5, 0.6) is 11.5 Å². The van der Waals surface area contributed by atoms with Crippen molar-refractivity contribution in [2.45, 2.75) is 58.0 Å². The van der Waals surface area contributed by atoms with Crippen molar-refractivity contribution in [2.75, 3.05) is 0 Å². The zero-order chi connectivity index (χ0) is 26.3. The average molecular weight is 505 g/mol. The van der Waals surface area contributed by atoms with E-state index >= 15 is 0 Å². The number of aromatic amines is 1. The van der Waals surface area contributed by atoms with Crippen molar-refractivity contribution in [3.05, 3.63) is 75.5 Å². The molecule has 1 atom stereocenters. The lowest BCUT2D eigenvalue weighted by atomic mass is 10.1. The van der Waals surface area contributed by atoms with Crippen LogP contribution in [0, 0.1) is 12.8 Å². The van der Waals surface area contributed by atoms with Crippen molar-refractivity contribution in [2.24, 2.45) is 5.92 Å². The van der Waals surface area contributed by atoms with Gasteiger partial charge in [-0.25, -0.2) is 14.7 Å². The summed E-state index contributed by atoms with van der Waals surface area (Å²) in [5.74, 6) is 0.134. The highest BCUT2D eigenvalue weighted by atomic mass is 19.4. The number of carboxylic acids is 1. The normalized spacial score (nSPS) is 14.9. The first-order valence-electron chi connectivity index (χ1n) is 11.4. The van der Waals surface area contributed by atoms with E-state index in [0.29, 0.717) is 35.1 Å². The molecule has 11 heteroatoms. The van der Waals surface area contributed by atoms with Crippen molar-refractivity contribution < 1.29 is 32.5 Å². The van der Waals surface area contributed by atoms with Crippen molar-refractivity contribution in [1.82, 2.24) is 14.8 Å². The molecule has 36 heavy (non-hydrogen) atoms. The van der Waals surface area contributed by atoms with Gasteiger partial charge in [0, 0.05) is 12.1 Å². The molecule has 4 rings (SSSR count). The number of aryl methyl sites for hydroxylation is 1. The monoisotopic (exact) mass is 505 g/mol. The molecule has 1 aromatic heterocycles. The molecule has 0 saturated heterocycles. The van der Waals surface area contributed by atoms with Gasteiger partial charge in [-0.05, 0) is 75.4 Å². The Balaban J connectivity index is 1.69. The van der Waals surface area contributed by atoms with Crippen LogP contribution in [0.15, 0.2) is 47.3 Å². The largest absolute Gasteiger partial charge is 0.478 e. The minimum Gasteiger partial charge on any atom is -0.478 e. The third kappa shape index (κ3) is 5.55. The molecule has 0 radical (unpaired) electrons. The molecule has 8 nitrogen and oxygen atoms in total. The number of ether oxygens (including phenoxy) is 2. The van der Waals surface area contributed by atoms with Gasteiger partial charge in [-0.2, -0.15) is 18.3 Å². The third-order valence-electron chi connectivity index (χ3n) is 5.98. The van der Waals surface area contributed by atoms with E-state index in [0.717, 1.165) is 25.0 Å². The average Bonchev–Trinajstić information content (AvgIpc) is 3.55. The van der Waals surface area contributed by atoms with Gasteiger partial charge in [-0.1, -0.05) is 12.1 Å². The summed E-state index contributed by atoms with van der Waals surface area (Å²) in [5.41, 5.74) is -1.72. The number of nitrogens with zero attached hydrogens (tertiary/aromatic N) is 2. The fourth-order valence-corrected chi connectivity index (χ4v) is 3.65. The standard InChI is InChI=1S/C25H26F3N3O5/c1-14-12-18(10-11-19(14)36-24(2,3)22(32)33)35-20(16-6-8-17(9-7-16)25(26,27)28)21-29-30-23(34)31(21)13-15-4-5-15/h6-12,15,20H,4-5,13H2,1-3H3,(H,30,34)(H,32,33). The van der Waals surface area contributed by atoms with Crippen LogP contribution in [-0.2, 0) is 17.5 Å². The predicted molar refractivity (Wildman–Crippen MR) is 123 cm³/mol. The number of hydrogen-bond acceptors (Lipinski definition) is 5. The Morgan fingerprint density at radius 2 is 1.86 bits per heavy atom. The number of hydrogen-bond donors (Lipinski definition) is 2. The smallest absolute Gasteiger partial charge is 0.416 e. The Hall–Kier alpha value is -3.76. The highest BCUT2D eigenvalue weighted by Gasteiger charge is 2.33. The number of nitrogens with one attached hydrogen (secondary N) is 1. The molecule has 0 spiro atoms. The van der Waals surface area contributed by atoms with Crippen molar-refractivity contribution in [3.63, 3.8) is 0 Å². The van der Waals surface area contributed by atoms with E-state index in [1.807, 2.05) is 0 Å². The molecule has 2 N–H and O–H groups in total. The van der Waals surface area contributed by atoms with Crippen molar-refractivity contribution >= 4 is 5.97 Å². The Labute approximate surface area is 204 Å². The number of aliphatic carboxylic acids is 1. The molecule has 1 fully saturated rings. The lowest BCUT2D eigenvalue weighted by Crippen LogP contribution is -2.38. The molecule has 0 bridgehead atoms. The second-order valence-corrected chi connectivity index (χ2v) is 9.40. The second kappa shape index (κ2) is 9.36. The zero-order valence-electron chi connectivity index (χ0n) is 19.9. The Kier molecular flexibility index (Phi) is 6.59. The maximum Gasteiger partial charge on any atom is 0.416 e. The Bertz CT molecular complexity index is 1310. The first-order chi connectivity index (χ1) is 16.8. The summed E-state index contributed by atoms with van der Waals surface area (Å²) >= 11 is 0. The van der Waals surface area contributed by atoms with E-state index in [2.05, 4.69) is 10.2 Å². The van der Waals surface area contributed by atoms with Crippen LogP contribution in [-0.4, -0.2) is 31.4 Å². The van der Waals surface area contributed by atoms with Gasteiger partial charge in [0.15, 0.2) is 17.5 Å². The predicted octanol–water partition coefficient (Wildman–Crippen LogP) is 4.72. The van der Waals surface area contributed by atoms with E-state index < -0.39 is 35.1 Å². The van der Waals surface area contributed by atoms with E-state index in [-0.39, 0.29) is 5.82 Å². The lowest BCUT2D eigenvalue weighted by Gasteiger charge is -2.24. The molecule has 0 amide bonds. The zero-order valence-corrected chi connectivity index (χ0v) is 19.9. The molecule has 2 aromatic carbocycles. The summed E-state index contributed by atoms with van der Waals surface area (Å²) in [4.78, 5) is 23.8. The summed E-state index contributed by atoms with van der Waals surface area (Å²) in [6, 6.07) is 9.26. The summed E-state index contributed by atoms with van der Waals surface area (Å²) in [6.45, 7) is 5.00. The lowest BCUT2D eigenvalue weighted by molar-refractivity contribution is -0.152. The van der Waals surface area contributed by atoms with Gasteiger partial charge < -0.3 is 14.6 Å². The first kappa shape index (κ1) is 25.3. The van der Waals surface area contributed by atoms with Gasteiger partial charge in [-0.15, -0.1) is 0 Å². The van der Waals surface area contributed by atoms with Gasteiger partial charge in [0.1, 0.15) is 11.5 Å². The van der Waals surface area contributed by atoms with Crippen LogP contribution in [0.4, 0.5) is 13.2 Å². The highest BCUT2D eigenvalue weighted by molar-refractivity contribution is 5.76. The molecule has 1 aliphatic rings. The molecular weight excluding hydrogens is 479 g/mol. The summed E-state index contributed by atoms with van der Waals surface area (Å²) < 4.78 is 52.6. The SMILES string of the molecule is Cc1cc(OC(c2ccc(C(F)(F)F)cc2)c2n[nH]c(=O)n2CC2CC2)ccc1OC(C)(C)C(=O)O. The van der Waals surface area contributed by atoms with E-state index in [1.165, 1.54) is 30.5 Å². The number of rotatable bonds is 9. The van der Waals surface area contributed by atoms with Crippen LogP contribution in [0.2, 0.25) is 0 Å². The van der Waals surface area contributed by atoms with Gasteiger partial charge in [0.05, 0.1) is 5.56 Å². The maximum atomic E-state index is 13.1. The fourth-order valence-electron chi connectivity index (χ4n) is 3.65. The Morgan fingerprint density at radius 3 is 2.42 bits per heavy atom. The number of halogens is 3. The van der Waals surface area contributed by atoms with Crippen LogP contribution < -0.4 is 15.2 Å². The Morgan fingerprint density at radius 1 is 1.19 bits per heavy atom. The quantitative estimate of drug-likeness (QED) is 0.436. The van der Waals surface area contributed by atoms with Crippen LogP contribution in [0.3, 0.4) is 0 Å². The van der Waals surface area contributed by atoms with Gasteiger partial charge in [-0.3, -0.25) is 4.57 Å². The van der Waals surface area contributed by atoms with Crippen LogP contribution in [0.1, 0.15) is 55.3 Å². The number of alkyl halides is 3. The summed E-state index contributed by atoms with van der Waals surface area (Å²) in [5, 5.41) is 15.9. The van der Waals surface area contributed by atoms with E-state index in [9.17, 15) is 27.9 Å². The molecule has 1 saturated carbocycles. The van der Waals surface area contributed by atoms with Crippen molar-refractivity contribution in [1.29, 1.82) is 0 Å². The summed E-state index contributed by atoms with van der Waals surface area (Å²) in [7, 11) is 0. The topological polar surface area (TPSA) is 106 Å². The molecule has 3 aromatic rings. The summed E-state index contributed by atoms with van der Waals surface area (Å²) in [6.07, 6.45) is -3.51. The second-order valence-electron chi connectivity index (χ2n) is 9.40. The fraction of sp³-hybridized carbons (Fsp3) is 0.400. The molecule has 1 unspecified atom stereocenters. The van der Waals surface area contributed by atoms with Gasteiger partial charge in [0.25, 0.3) is 0 Å².